The van der Waals surface area contributed by atoms with Crippen molar-refractivity contribution in [2.45, 2.75) is 52.7 Å². The average molecular weight is 203 g/mol. The monoisotopic (exact) mass is 203 g/mol. The first kappa shape index (κ1) is 13.0. The summed E-state index contributed by atoms with van der Waals surface area (Å²) < 4.78 is 15.5. The first-order chi connectivity index (χ1) is 5.73. The Morgan fingerprint density at radius 1 is 1.38 bits per heavy atom. The van der Waals surface area contributed by atoms with Gasteiger partial charge in [0.25, 0.3) is 0 Å². The summed E-state index contributed by atoms with van der Waals surface area (Å²) >= 11 is -1.10. The van der Waals surface area contributed by atoms with E-state index < -0.39 is 11.4 Å². The first-order valence-electron chi connectivity index (χ1n) is 4.69. The third-order valence-electron chi connectivity index (χ3n) is 1.47. The topological polar surface area (TPSA) is 35.4 Å². The van der Waals surface area contributed by atoms with Gasteiger partial charge < -0.3 is 4.55 Å². The normalized spacial score (nSPS) is 16.5. The maximum Gasteiger partial charge on any atom is 0.144 e. The molecule has 0 amide bonds. The minimum absolute atomic E-state index is 0.238. The van der Waals surface area contributed by atoms with Crippen molar-refractivity contribution >= 4 is 17.1 Å². The number of rotatable bonds is 3. The summed E-state index contributed by atoms with van der Waals surface area (Å²) in [6.07, 6.45) is 0.932. The lowest BCUT2D eigenvalue weighted by atomic mass is 10.1. The lowest BCUT2D eigenvalue weighted by Gasteiger charge is -2.19. The Morgan fingerprint density at radius 3 is 2.15 bits per heavy atom. The van der Waals surface area contributed by atoms with E-state index >= 15 is 0 Å². The molecule has 0 rings (SSSR count). The van der Waals surface area contributed by atoms with Crippen LogP contribution in [0.2, 0.25) is 0 Å². The minimum Gasteiger partial charge on any atom is -0.591 e. The summed E-state index contributed by atoms with van der Waals surface area (Å²) in [4.78, 5) is 0. The lowest BCUT2D eigenvalue weighted by molar-refractivity contribution is 0.561. The molecule has 78 valence electrons. The molecule has 0 fully saturated rings. The molecular weight excluding hydrogens is 182 g/mol. The van der Waals surface area contributed by atoms with Crippen LogP contribution in [0.1, 0.15) is 48.0 Å². The molecule has 13 heavy (non-hydrogen) atoms. The molecule has 0 N–H and O–H groups in total. The van der Waals surface area contributed by atoms with E-state index in [9.17, 15) is 4.55 Å². The highest BCUT2D eigenvalue weighted by atomic mass is 32.2. The fourth-order valence-corrected chi connectivity index (χ4v) is 1.54. The van der Waals surface area contributed by atoms with E-state index in [1.807, 2.05) is 27.7 Å². The molecule has 0 heterocycles. The molecule has 0 spiro atoms. The van der Waals surface area contributed by atoms with Crippen LogP contribution in [-0.2, 0) is 11.4 Å². The fourth-order valence-electron chi connectivity index (χ4n) is 0.907. The van der Waals surface area contributed by atoms with Gasteiger partial charge in [0.1, 0.15) is 16.1 Å². The highest BCUT2D eigenvalue weighted by Crippen LogP contribution is 2.18. The summed E-state index contributed by atoms with van der Waals surface area (Å²) in [6.45, 7) is 12.0. The van der Waals surface area contributed by atoms with Crippen molar-refractivity contribution in [2.75, 3.05) is 0 Å². The van der Waals surface area contributed by atoms with E-state index in [0.717, 1.165) is 12.1 Å². The van der Waals surface area contributed by atoms with Crippen LogP contribution in [0.3, 0.4) is 0 Å². The summed E-state index contributed by atoms with van der Waals surface area (Å²) in [6, 6.07) is 0. The molecule has 0 aliphatic heterocycles. The van der Waals surface area contributed by atoms with Gasteiger partial charge in [-0.25, -0.2) is 0 Å². The average Bonchev–Trinajstić information content (AvgIpc) is 1.82. The van der Waals surface area contributed by atoms with E-state index in [4.69, 9.17) is 0 Å². The Hall–Kier alpha value is -0.0200. The predicted molar refractivity (Wildman–Crippen MR) is 60.5 cm³/mol. The molecule has 0 bridgehead atoms. The van der Waals surface area contributed by atoms with E-state index in [1.165, 1.54) is 0 Å². The molecule has 0 aromatic carbocycles. The zero-order chi connectivity index (χ0) is 10.6. The van der Waals surface area contributed by atoms with Crippen molar-refractivity contribution < 1.29 is 4.55 Å². The molecule has 0 saturated carbocycles. The van der Waals surface area contributed by atoms with Crippen molar-refractivity contribution in [1.29, 1.82) is 0 Å². The van der Waals surface area contributed by atoms with Crippen molar-refractivity contribution in [2.24, 2.45) is 10.3 Å². The van der Waals surface area contributed by atoms with Gasteiger partial charge in [0.2, 0.25) is 0 Å². The molecule has 0 saturated heterocycles. The van der Waals surface area contributed by atoms with Gasteiger partial charge in [-0.05, 0) is 40.0 Å². The summed E-state index contributed by atoms with van der Waals surface area (Å²) in [7, 11) is 0. The molecule has 0 radical (unpaired) electrons. The molecule has 3 heteroatoms. The van der Waals surface area contributed by atoms with Crippen molar-refractivity contribution in [3.05, 3.63) is 0 Å². The van der Waals surface area contributed by atoms with E-state index in [1.54, 1.807) is 0 Å². The number of nitrogens with zero attached hydrogens (tertiary/aromatic N) is 1. The standard InChI is InChI=1S/C10H21NOS/c1-8(2)7-9(3)11-13(12)10(4,5)6/h8H,7H2,1-6H3/t13-/m1/s1. The maximum absolute atomic E-state index is 11.6. The Labute approximate surface area is 85.1 Å². The Morgan fingerprint density at radius 2 is 1.85 bits per heavy atom. The van der Waals surface area contributed by atoms with Crippen LogP contribution in [0, 0.1) is 5.92 Å². The Kier molecular flexibility index (Phi) is 5.00. The number of hydrogen-bond acceptors (Lipinski definition) is 2. The van der Waals surface area contributed by atoms with E-state index in [0.29, 0.717) is 5.92 Å². The molecule has 1 atom stereocenters. The lowest BCUT2D eigenvalue weighted by Crippen LogP contribution is -2.26. The van der Waals surface area contributed by atoms with Crippen LogP contribution in [0.25, 0.3) is 0 Å². The summed E-state index contributed by atoms with van der Waals surface area (Å²) in [5.74, 6) is 0.584. The molecule has 0 aliphatic rings. The van der Waals surface area contributed by atoms with Crippen LogP contribution in [0.15, 0.2) is 4.40 Å². The second-order valence-corrected chi connectivity index (χ2v) is 6.69. The molecule has 0 aromatic heterocycles. The smallest absolute Gasteiger partial charge is 0.144 e. The largest absolute Gasteiger partial charge is 0.591 e. The van der Waals surface area contributed by atoms with Crippen molar-refractivity contribution in [3.8, 4) is 0 Å². The zero-order valence-electron chi connectivity index (χ0n) is 9.55. The van der Waals surface area contributed by atoms with Crippen molar-refractivity contribution in [1.82, 2.24) is 0 Å². The van der Waals surface area contributed by atoms with Gasteiger partial charge in [-0.1, -0.05) is 18.2 Å². The number of hydrogen-bond donors (Lipinski definition) is 0. The zero-order valence-corrected chi connectivity index (χ0v) is 10.4. The molecular formula is C10H21NOS. The van der Waals surface area contributed by atoms with E-state index in [-0.39, 0.29) is 4.75 Å². The quantitative estimate of drug-likeness (QED) is 0.513. The first-order valence-corrected chi connectivity index (χ1v) is 5.80. The summed E-state index contributed by atoms with van der Waals surface area (Å²) in [5, 5.41) is 0. The molecule has 0 aromatic rings. The third-order valence-corrected chi connectivity index (χ3v) is 2.99. The molecule has 2 nitrogen and oxygen atoms in total. The SMILES string of the molecule is CC(CC(C)C)=N[S@+]([O-])C(C)(C)C. The molecule has 0 aliphatic carbocycles. The second-order valence-electron chi connectivity index (χ2n) is 4.79. The maximum atomic E-state index is 11.6. The van der Waals surface area contributed by atoms with Gasteiger partial charge in [-0.3, -0.25) is 0 Å². The highest BCUT2D eigenvalue weighted by molar-refractivity contribution is 7.91. The van der Waals surface area contributed by atoms with Crippen molar-refractivity contribution in [3.63, 3.8) is 0 Å². The second kappa shape index (κ2) is 5.01. The van der Waals surface area contributed by atoms with Crippen LogP contribution < -0.4 is 0 Å². The minimum atomic E-state index is -1.10. The van der Waals surface area contributed by atoms with Gasteiger partial charge in [0, 0.05) is 0 Å². The van der Waals surface area contributed by atoms with Crippen LogP contribution in [0.4, 0.5) is 0 Å². The van der Waals surface area contributed by atoms with Gasteiger partial charge in [0.15, 0.2) is 0 Å². The Bertz CT molecular complexity index is 182. The Balaban J connectivity index is 4.22. The highest BCUT2D eigenvalue weighted by Gasteiger charge is 2.26. The fraction of sp³-hybridized carbons (Fsp3) is 0.900. The van der Waals surface area contributed by atoms with Crippen LogP contribution in [-0.4, -0.2) is 15.0 Å². The van der Waals surface area contributed by atoms with E-state index in [2.05, 4.69) is 18.2 Å². The predicted octanol–water partition coefficient (Wildman–Crippen LogP) is 2.96. The van der Waals surface area contributed by atoms with Gasteiger partial charge in [-0.2, -0.15) is 0 Å². The van der Waals surface area contributed by atoms with Crippen LogP contribution in [0.5, 0.6) is 0 Å². The summed E-state index contributed by atoms with van der Waals surface area (Å²) in [5.41, 5.74) is 0.989. The van der Waals surface area contributed by atoms with Gasteiger partial charge in [-0.15, -0.1) is 0 Å². The third kappa shape index (κ3) is 6.11. The van der Waals surface area contributed by atoms with Gasteiger partial charge >= 0.3 is 0 Å². The van der Waals surface area contributed by atoms with Crippen LogP contribution >= 0.6 is 0 Å². The van der Waals surface area contributed by atoms with Gasteiger partial charge in [0.05, 0.1) is 5.71 Å². The molecule has 0 unspecified atom stereocenters.